The molecule has 0 amide bonds. The molecule has 1 aromatic rings. The van der Waals surface area contributed by atoms with Gasteiger partial charge in [-0.25, -0.2) is 0 Å². The van der Waals surface area contributed by atoms with Crippen molar-refractivity contribution in [2.45, 2.75) is 6.42 Å². The van der Waals surface area contributed by atoms with Gasteiger partial charge in [0.25, 0.3) is 0 Å². The fourth-order valence-corrected chi connectivity index (χ4v) is 2.04. The molecular formula is C13H16O5. The quantitative estimate of drug-likeness (QED) is 0.830. The molecule has 1 fully saturated rings. The summed E-state index contributed by atoms with van der Waals surface area (Å²) in [5, 5.41) is 18.7. The summed E-state index contributed by atoms with van der Waals surface area (Å²) >= 11 is 0. The highest BCUT2D eigenvalue weighted by Gasteiger charge is 2.32. The van der Waals surface area contributed by atoms with Crippen LogP contribution < -0.4 is 4.74 Å². The van der Waals surface area contributed by atoms with Gasteiger partial charge in [0.1, 0.15) is 6.61 Å². The molecule has 0 bridgehead atoms. The van der Waals surface area contributed by atoms with Gasteiger partial charge in [0.05, 0.1) is 12.5 Å². The van der Waals surface area contributed by atoms with Crippen LogP contribution in [0, 0.1) is 11.8 Å². The van der Waals surface area contributed by atoms with E-state index in [2.05, 4.69) is 0 Å². The molecule has 2 N–H and O–H groups in total. The third kappa shape index (κ3) is 2.92. The predicted molar refractivity (Wildman–Crippen MR) is 63.7 cm³/mol. The van der Waals surface area contributed by atoms with Crippen LogP contribution in [0.1, 0.15) is 6.42 Å². The molecule has 0 aromatic heterocycles. The van der Waals surface area contributed by atoms with E-state index in [0.717, 1.165) is 6.42 Å². The van der Waals surface area contributed by atoms with Crippen molar-refractivity contribution in [3.05, 3.63) is 24.3 Å². The Bertz CT molecular complexity index is 412. The van der Waals surface area contributed by atoms with Crippen molar-refractivity contribution in [1.82, 2.24) is 0 Å². The van der Waals surface area contributed by atoms with Crippen molar-refractivity contribution < 1.29 is 24.5 Å². The number of carboxylic acids is 1. The molecule has 0 spiro atoms. The Morgan fingerprint density at radius 1 is 1.50 bits per heavy atom. The minimum Gasteiger partial charge on any atom is -0.504 e. The second-order valence-electron chi connectivity index (χ2n) is 4.35. The average Bonchev–Trinajstić information content (AvgIpc) is 2.85. The number of para-hydroxylation sites is 2. The summed E-state index contributed by atoms with van der Waals surface area (Å²) in [4.78, 5) is 11.2. The Hall–Kier alpha value is -1.75. The van der Waals surface area contributed by atoms with Gasteiger partial charge in [0.2, 0.25) is 0 Å². The molecule has 2 atom stereocenters. The molecule has 5 heteroatoms. The van der Waals surface area contributed by atoms with Gasteiger partial charge < -0.3 is 19.7 Å². The normalized spacial score (nSPS) is 20.6. The summed E-state index contributed by atoms with van der Waals surface area (Å²) in [6.07, 6.45) is 0.737. The highest BCUT2D eigenvalue weighted by Crippen LogP contribution is 2.27. The topological polar surface area (TPSA) is 76.0 Å². The second kappa shape index (κ2) is 5.73. The lowest BCUT2D eigenvalue weighted by atomic mass is 9.92. The highest BCUT2D eigenvalue weighted by molar-refractivity contribution is 5.70. The van der Waals surface area contributed by atoms with Crippen molar-refractivity contribution >= 4 is 5.97 Å². The minimum atomic E-state index is -0.888. The second-order valence-corrected chi connectivity index (χ2v) is 4.35. The van der Waals surface area contributed by atoms with Crippen molar-refractivity contribution in [2.75, 3.05) is 19.8 Å². The van der Waals surface area contributed by atoms with E-state index in [1.54, 1.807) is 18.2 Å². The van der Waals surface area contributed by atoms with Gasteiger partial charge in [0.15, 0.2) is 11.5 Å². The number of rotatable bonds is 5. The van der Waals surface area contributed by atoms with Crippen LogP contribution in [0.3, 0.4) is 0 Å². The number of carbonyl (C=O) groups is 1. The lowest BCUT2D eigenvalue weighted by molar-refractivity contribution is -0.145. The summed E-state index contributed by atoms with van der Waals surface area (Å²) in [6.45, 7) is 1.10. The lowest BCUT2D eigenvalue weighted by Gasteiger charge is -2.18. The fraction of sp³-hybridized carbons (Fsp3) is 0.462. The molecule has 1 heterocycles. The lowest BCUT2D eigenvalue weighted by Crippen LogP contribution is -2.29. The van der Waals surface area contributed by atoms with E-state index >= 15 is 0 Å². The van der Waals surface area contributed by atoms with Crippen LogP contribution in [0.4, 0.5) is 0 Å². The van der Waals surface area contributed by atoms with Gasteiger partial charge >= 0.3 is 5.97 Å². The fourth-order valence-electron chi connectivity index (χ4n) is 2.04. The van der Waals surface area contributed by atoms with Gasteiger partial charge in [-0.1, -0.05) is 12.1 Å². The molecule has 1 aromatic carbocycles. The molecule has 1 aliphatic rings. The van der Waals surface area contributed by atoms with E-state index in [4.69, 9.17) is 9.47 Å². The van der Waals surface area contributed by atoms with Gasteiger partial charge in [0, 0.05) is 12.5 Å². The zero-order valence-corrected chi connectivity index (χ0v) is 9.91. The molecule has 0 aliphatic carbocycles. The first-order valence-electron chi connectivity index (χ1n) is 5.90. The number of aliphatic carboxylic acids is 1. The maximum atomic E-state index is 11.2. The number of hydrogen-bond acceptors (Lipinski definition) is 4. The average molecular weight is 252 g/mol. The van der Waals surface area contributed by atoms with Crippen LogP contribution in [0.25, 0.3) is 0 Å². The largest absolute Gasteiger partial charge is 0.504 e. The number of aromatic hydroxyl groups is 1. The Morgan fingerprint density at radius 3 is 2.89 bits per heavy atom. The smallest absolute Gasteiger partial charge is 0.310 e. The first-order valence-corrected chi connectivity index (χ1v) is 5.90. The van der Waals surface area contributed by atoms with Gasteiger partial charge in [-0.3, -0.25) is 4.79 Å². The molecule has 1 aliphatic heterocycles. The summed E-state index contributed by atoms with van der Waals surface area (Å²) in [7, 11) is 0. The van der Waals surface area contributed by atoms with Crippen LogP contribution in [-0.4, -0.2) is 36.0 Å². The molecule has 1 saturated heterocycles. The molecule has 0 saturated carbocycles. The van der Waals surface area contributed by atoms with Gasteiger partial charge in [-0.2, -0.15) is 0 Å². The number of benzene rings is 1. The summed E-state index contributed by atoms with van der Waals surface area (Å²) in [5.74, 6) is -1.19. The molecule has 18 heavy (non-hydrogen) atoms. The van der Waals surface area contributed by atoms with E-state index in [0.29, 0.717) is 19.0 Å². The minimum absolute atomic E-state index is 0.0179. The molecular weight excluding hydrogens is 236 g/mol. The van der Waals surface area contributed by atoms with Crippen LogP contribution in [0.2, 0.25) is 0 Å². The monoisotopic (exact) mass is 252 g/mol. The third-order valence-electron chi connectivity index (χ3n) is 3.13. The zero-order valence-electron chi connectivity index (χ0n) is 9.91. The molecule has 0 radical (unpaired) electrons. The van der Waals surface area contributed by atoms with Crippen LogP contribution >= 0.6 is 0 Å². The van der Waals surface area contributed by atoms with E-state index in [-0.39, 0.29) is 18.3 Å². The Morgan fingerprint density at radius 2 is 2.28 bits per heavy atom. The van der Waals surface area contributed by atoms with E-state index in [1.165, 1.54) is 6.07 Å². The number of phenolic OH excluding ortho intramolecular Hbond substituents is 1. The number of carboxylic acid groups (broad SMARTS) is 1. The predicted octanol–water partition coefficient (Wildman–Crippen LogP) is 1.51. The highest BCUT2D eigenvalue weighted by atomic mass is 16.5. The molecule has 2 rings (SSSR count). The Labute approximate surface area is 105 Å². The number of hydrogen-bond donors (Lipinski definition) is 2. The van der Waals surface area contributed by atoms with Crippen molar-refractivity contribution in [3.63, 3.8) is 0 Å². The van der Waals surface area contributed by atoms with Gasteiger partial charge in [-0.05, 0) is 18.6 Å². The first-order chi connectivity index (χ1) is 8.68. The van der Waals surface area contributed by atoms with E-state index in [9.17, 15) is 15.0 Å². The summed E-state index contributed by atoms with van der Waals surface area (Å²) < 4.78 is 10.6. The SMILES string of the molecule is O=C(O)C(COc1ccccc1O)C1CCOC1. The summed E-state index contributed by atoms with van der Waals surface area (Å²) in [5.41, 5.74) is 0. The van der Waals surface area contributed by atoms with Crippen LogP contribution in [0.15, 0.2) is 24.3 Å². The molecule has 5 nitrogen and oxygen atoms in total. The van der Waals surface area contributed by atoms with Gasteiger partial charge in [-0.15, -0.1) is 0 Å². The number of ether oxygens (including phenoxy) is 2. The standard InChI is InChI=1S/C13H16O5/c14-11-3-1-2-4-12(11)18-8-10(13(15)16)9-5-6-17-7-9/h1-4,9-10,14H,5-8H2,(H,15,16). The Balaban J connectivity index is 1.97. The van der Waals surface area contributed by atoms with E-state index in [1.807, 2.05) is 0 Å². The van der Waals surface area contributed by atoms with Crippen LogP contribution in [0.5, 0.6) is 11.5 Å². The van der Waals surface area contributed by atoms with Crippen molar-refractivity contribution in [2.24, 2.45) is 11.8 Å². The van der Waals surface area contributed by atoms with E-state index < -0.39 is 11.9 Å². The van der Waals surface area contributed by atoms with Crippen LogP contribution in [-0.2, 0) is 9.53 Å². The van der Waals surface area contributed by atoms with Crippen molar-refractivity contribution in [3.8, 4) is 11.5 Å². The number of phenols is 1. The maximum absolute atomic E-state index is 11.2. The molecule has 98 valence electrons. The maximum Gasteiger partial charge on any atom is 0.310 e. The first kappa shape index (κ1) is 12.7. The van der Waals surface area contributed by atoms with Crippen molar-refractivity contribution in [1.29, 1.82) is 0 Å². The zero-order chi connectivity index (χ0) is 13.0. The molecule has 2 unspecified atom stereocenters. The third-order valence-corrected chi connectivity index (χ3v) is 3.13. The Kier molecular flexibility index (Phi) is 4.04. The summed E-state index contributed by atoms with van der Waals surface area (Å²) in [6, 6.07) is 6.52.